The lowest BCUT2D eigenvalue weighted by molar-refractivity contribution is -0.118. The fourth-order valence-electron chi connectivity index (χ4n) is 5.24. The molecule has 6 rings (SSSR count). The quantitative estimate of drug-likeness (QED) is 0.290. The van der Waals surface area contributed by atoms with Gasteiger partial charge in [0, 0.05) is 54.9 Å². The lowest BCUT2D eigenvalue weighted by atomic mass is 10.1. The van der Waals surface area contributed by atoms with Crippen molar-refractivity contribution in [2.75, 3.05) is 24.5 Å². The van der Waals surface area contributed by atoms with Crippen LogP contribution in [0.25, 0.3) is 28.0 Å². The second-order valence-electron chi connectivity index (χ2n) is 10.4. The van der Waals surface area contributed by atoms with Crippen LogP contribution < -0.4 is 10.6 Å². The Morgan fingerprint density at radius 1 is 1.05 bits per heavy atom. The van der Waals surface area contributed by atoms with Crippen molar-refractivity contribution in [3.8, 4) is 22.4 Å². The summed E-state index contributed by atoms with van der Waals surface area (Å²) in [5.41, 5.74) is 8.24. The summed E-state index contributed by atoms with van der Waals surface area (Å²) in [5, 5.41) is 13.1. The summed E-state index contributed by atoms with van der Waals surface area (Å²) in [5.74, 6) is 0. The molecule has 17 heteroatoms. The molecule has 2 N–H and O–H groups in total. The molecule has 2 amide bonds. The number of nitrogens with zero attached hydrogens (tertiary/aromatic N) is 9. The molecule has 1 aromatic carbocycles. The van der Waals surface area contributed by atoms with Crippen LogP contribution in [0.15, 0.2) is 72.4 Å². The van der Waals surface area contributed by atoms with Gasteiger partial charge in [0.1, 0.15) is 6.54 Å². The van der Waals surface area contributed by atoms with Crippen molar-refractivity contribution >= 4 is 27.4 Å². The Bertz CT molecular complexity index is 1940. The van der Waals surface area contributed by atoms with Gasteiger partial charge in [0.2, 0.25) is 0 Å². The van der Waals surface area contributed by atoms with Crippen LogP contribution in [0.2, 0.25) is 0 Å². The third-order valence-corrected chi connectivity index (χ3v) is 9.24. The monoisotopic (exact) mass is 628 g/mol. The molecule has 0 radical (unpaired) electrons. The van der Waals surface area contributed by atoms with Gasteiger partial charge in [-0.2, -0.15) is 32.8 Å². The normalized spacial score (nSPS) is 15.2. The van der Waals surface area contributed by atoms with Gasteiger partial charge in [-0.15, -0.1) is 0 Å². The van der Waals surface area contributed by atoms with Crippen LogP contribution in [-0.4, -0.2) is 78.7 Å². The minimum absolute atomic E-state index is 0.00789. The molecule has 0 bridgehead atoms. The van der Waals surface area contributed by atoms with Gasteiger partial charge in [-0.1, -0.05) is 12.1 Å². The molecule has 0 spiro atoms. The van der Waals surface area contributed by atoms with Crippen molar-refractivity contribution in [2.45, 2.75) is 30.1 Å². The number of imidazole rings is 1. The number of urea groups is 1. The molecule has 1 aliphatic rings. The van der Waals surface area contributed by atoms with Crippen molar-refractivity contribution in [1.82, 2.24) is 38.5 Å². The Kier molecular flexibility index (Phi) is 7.36. The summed E-state index contributed by atoms with van der Waals surface area (Å²) in [7, 11) is -1.98. The van der Waals surface area contributed by atoms with Gasteiger partial charge >= 0.3 is 12.2 Å². The maximum atomic E-state index is 13.0. The summed E-state index contributed by atoms with van der Waals surface area (Å²) in [6.45, 7) is -0.826. The number of carbonyl (C=O) groups is 1. The van der Waals surface area contributed by atoms with E-state index >= 15 is 0 Å². The number of hydrogen-bond donors (Lipinski definition) is 1. The number of fused-ring (bicyclic) bond motifs is 1. The van der Waals surface area contributed by atoms with Crippen molar-refractivity contribution < 1.29 is 26.4 Å². The maximum absolute atomic E-state index is 13.0. The summed E-state index contributed by atoms with van der Waals surface area (Å²) in [4.78, 5) is 16.6. The maximum Gasteiger partial charge on any atom is 0.406 e. The molecule has 44 heavy (non-hydrogen) atoms. The topological polar surface area (TPSA) is 150 Å². The van der Waals surface area contributed by atoms with Gasteiger partial charge in [-0.05, 0) is 37.1 Å². The van der Waals surface area contributed by atoms with Crippen molar-refractivity contribution in [1.29, 1.82) is 0 Å². The van der Waals surface area contributed by atoms with Crippen LogP contribution in [0.3, 0.4) is 0 Å². The second-order valence-corrected chi connectivity index (χ2v) is 12.3. The first-order chi connectivity index (χ1) is 20.9. The number of primary amides is 1. The minimum Gasteiger partial charge on any atom is -0.351 e. The number of rotatable bonds is 7. The molecule has 4 aromatic heterocycles. The molecule has 0 aliphatic carbocycles. The Labute approximate surface area is 249 Å². The second kappa shape index (κ2) is 11.1. The van der Waals surface area contributed by atoms with E-state index in [2.05, 4.69) is 20.3 Å². The highest BCUT2D eigenvalue weighted by molar-refractivity contribution is 7.89. The molecule has 0 atom stereocenters. The number of sulfonamides is 1. The number of aromatic nitrogens is 7. The largest absolute Gasteiger partial charge is 0.406 e. The zero-order valence-electron chi connectivity index (χ0n) is 23.3. The predicted molar refractivity (Wildman–Crippen MR) is 153 cm³/mol. The van der Waals surface area contributed by atoms with Gasteiger partial charge in [0.05, 0.1) is 30.3 Å². The summed E-state index contributed by atoms with van der Waals surface area (Å²) < 4.78 is 71.2. The Morgan fingerprint density at radius 3 is 2.48 bits per heavy atom. The number of hydrogen-bond acceptors (Lipinski definition) is 7. The summed E-state index contributed by atoms with van der Waals surface area (Å²) >= 11 is 0. The highest BCUT2D eigenvalue weighted by Gasteiger charge is 2.34. The van der Waals surface area contributed by atoms with E-state index in [-0.39, 0.29) is 16.8 Å². The molecular formula is C27H27F3N10O3S. The molecular weight excluding hydrogens is 601 g/mol. The lowest BCUT2D eigenvalue weighted by Gasteiger charge is -2.30. The average molecular weight is 629 g/mol. The number of benzene rings is 1. The standard InChI is InChI=1S/C27H27F3N10O3S/c1-36-8-7-25(35-36)44(42,43)37-9-5-21(6-10-37)39-16-20(14-33-39)19-12-24-32-15-23(40(24)34-13-19)18-3-2-4-22(11-18)38(26(31)41)17-27(28,29)30/h2-4,7-8,11-16,21H,5-6,9-10,17H2,1H3,(H2,31,41). The molecule has 5 heterocycles. The average Bonchev–Trinajstić information content (AvgIpc) is 3.75. The number of anilines is 1. The van der Waals surface area contributed by atoms with E-state index in [9.17, 15) is 26.4 Å². The van der Waals surface area contributed by atoms with E-state index in [0.29, 0.717) is 47.7 Å². The van der Waals surface area contributed by atoms with Gasteiger partial charge in [-0.25, -0.2) is 22.7 Å². The van der Waals surface area contributed by atoms with E-state index < -0.39 is 28.8 Å². The Morgan fingerprint density at radius 2 is 1.80 bits per heavy atom. The number of halogens is 3. The number of nitrogens with two attached hydrogens (primary N) is 1. The zero-order chi connectivity index (χ0) is 31.2. The van der Waals surface area contributed by atoms with Crippen molar-refractivity contribution in [3.63, 3.8) is 0 Å². The Balaban J connectivity index is 1.18. The van der Waals surface area contributed by atoms with Gasteiger partial charge in [0.25, 0.3) is 10.0 Å². The first-order valence-corrected chi connectivity index (χ1v) is 15.0. The van der Waals surface area contributed by atoms with Crippen molar-refractivity contribution in [3.05, 3.63) is 67.4 Å². The number of piperidine rings is 1. The van der Waals surface area contributed by atoms with E-state index in [1.54, 1.807) is 42.4 Å². The Hall–Kier alpha value is -4.77. The number of amides is 2. The molecule has 13 nitrogen and oxygen atoms in total. The van der Waals surface area contributed by atoms with Crippen LogP contribution in [-0.2, 0) is 17.1 Å². The summed E-state index contributed by atoms with van der Waals surface area (Å²) in [6.07, 6.45) is 4.90. The number of aryl methyl sites for hydroxylation is 1. The molecule has 1 fully saturated rings. The third kappa shape index (κ3) is 5.74. The highest BCUT2D eigenvalue weighted by atomic mass is 32.2. The molecule has 230 valence electrons. The fraction of sp³-hybridized carbons (Fsp3) is 0.296. The molecule has 0 saturated carbocycles. The van der Waals surface area contributed by atoms with E-state index in [1.807, 2.05) is 16.9 Å². The smallest absolute Gasteiger partial charge is 0.351 e. The van der Waals surface area contributed by atoms with Crippen LogP contribution in [0, 0.1) is 0 Å². The number of alkyl halides is 3. The first kappa shape index (κ1) is 29.3. The fourth-order valence-corrected chi connectivity index (χ4v) is 6.66. The van der Waals surface area contributed by atoms with Crippen LogP contribution >= 0.6 is 0 Å². The molecule has 5 aromatic rings. The van der Waals surface area contributed by atoms with E-state index in [0.717, 1.165) is 11.1 Å². The highest BCUT2D eigenvalue weighted by Crippen LogP contribution is 2.30. The molecule has 1 aliphatic heterocycles. The van der Waals surface area contributed by atoms with Gasteiger partial charge < -0.3 is 5.73 Å². The van der Waals surface area contributed by atoms with Crippen LogP contribution in [0.5, 0.6) is 0 Å². The molecule has 1 saturated heterocycles. The zero-order valence-corrected chi connectivity index (χ0v) is 24.1. The lowest BCUT2D eigenvalue weighted by Crippen LogP contribution is -2.42. The third-order valence-electron chi connectivity index (χ3n) is 7.44. The SMILES string of the molecule is Cn1ccc(S(=O)(=O)N2CCC(n3cc(-c4cnn5c(-c6cccc(N(CC(F)(F)F)C(N)=O)c6)cnc5c4)cn3)CC2)n1. The van der Waals surface area contributed by atoms with E-state index in [1.165, 1.54) is 33.3 Å². The van der Waals surface area contributed by atoms with Crippen molar-refractivity contribution in [2.24, 2.45) is 12.8 Å². The molecule has 0 unspecified atom stereocenters. The van der Waals surface area contributed by atoms with Gasteiger partial charge in [-0.3, -0.25) is 14.3 Å². The van der Waals surface area contributed by atoms with Gasteiger partial charge in [0.15, 0.2) is 10.7 Å². The first-order valence-electron chi connectivity index (χ1n) is 13.5. The minimum atomic E-state index is -4.63. The van der Waals surface area contributed by atoms with Crippen LogP contribution in [0.1, 0.15) is 18.9 Å². The number of carbonyl (C=O) groups excluding carboxylic acids is 1. The van der Waals surface area contributed by atoms with E-state index in [4.69, 9.17) is 5.73 Å². The summed E-state index contributed by atoms with van der Waals surface area (Å²) in [6, 6.07) is 8.08. The predicted octanol–water partition coefficient (Wildman–Crippen LogP) is 3.47. The van der Waals surface area contributed by atoms with Crippen LogP contribution in [0.4, 0.5) is 23.7 Å².